The second-order valence-corrected chi connectivity index (χ2v) is 4.62. The highest BCUT2D eigenvalue weighted by molar-refractivity contribution is 6.09. The van der Waals surface area contributed by atoms with Crippen molar-refractivity contribution in [2.24, 2.45) is 7.05 Å². The van der Waals surface area contributed by atoms with Crippen LogP contribution in [0.2, 0.25) is 0 Å². The molecule has 0 aliphatic rings. The number of aryl methyl sites for hydroxylation is 1. The second-order valence-electron chi connectivity index (χ2n) is 4.62. The molecule has 0 radical (unpaired) electrons. The van der Waals surface area contributed by atoms with Gasteiger partial charge in [0.25, 0.3) is 5.91 Å². The van der Waals surface area contributed by atoms with E-state index < -0.39 is 10.8 Å². The first kappa shape index (κ1) is 13.7. The molecule has 0 aliphatic heterocycles. The number of carbonyl (C=O) groups excluding carboxylic acids is 1. The van der Waals surface area contributed by atoms with Crippen LogP contribution in [0.15, 0.2) is 42.7 Å². The third-order valence-electron chi connectivity index (χ3n) is 3.12. The van der Waals surface area contributed by atoms with Crippen molar-refractivity contribution < 1.29 is 9.72 Å². The number of nitrogens with zero attached hydrogens (tertiary/aromatic N) is 4. The first-order valence-electron chi connectivity index (χ1n) is 6.39. The van der Waals surface area contributed by atoms with Gasteiger partial charge in [0.2, 0.25) is 5.69 Å². The number of rotatable bonds is 3. The molecule has 2 aromatic heterocycles. The van der Waals surface area contributed by atoms with Crippen LogP contribution in [0.5, 0.6) is 0 Å². The van der Waals surface area contributed by atoms with E-state index >= 15 is 0 Å². The molecule has 8 heteroatoms. The maximum absolute atomic E-state index is 12.3. The highest BCUT2D eigenvalue weighted by Gasteiger charge is 2.25. The molecule has 22 heavy (non-hydrogen) atoms. The zero-order valence-corrected chi connectivity index (χ0v) is 11.6. The summed E-state index contributed by atoms with van der Waals surface area (Å²) in [6.07, 6.45) is 2.84. The van der Waals surface area contributed by atoms with Crippen LogP contribution in [-0.2, 0) is 7.05 Å². The summed E-state index contributed by atoms with van der Waals surface area (Å²) in [4.78, 5) is 26.8. The molecule has 1 amide bonds. The van der Waals surface area contributed by atoms with Gasteiger partial charge in [0.1, 0.15) is 6.20 Å². The fraction of sp³-hybridized carbons (Fsp3) is 0.0714. The quantitative estimate of drug-likeness (QED) is 0.589. The van der Waals surface area contributed by atoms with Gasteiger partial charge in [-0.15, -0.1) is 0 Å². The summed E-state index contributed by atoms with van der Waals surface area (Å²) in [6, 6.07) is 8.83. The smallest absolute Gasteiger partial charge is 0.320 e. The predicted octanol–water partition coefficient (Wildman–Crippen LogP) is 2.13. The molecule has 0 bridgehead atoms. The normalized spacial score (nSPS) is 10.6. The Kier molecular flexibility index (Phi) is 3.26. The van der Waals surface area contributed by atoms with Crippen LogP contribution in [0.3, 0.4) is 0 Å². The van der Waals surface area contributed by atoms with Crippen molar-refractivity contribution in [3.63, 3.8) is 0 Å². The molecule has 2 heterocycles. The largest absolute Gasteiger partial charge is 0.320 e. The summed E-state index contributed by atoms with van der Waals surface area (Å²) in [5.74, 6) is -0.636. The van der Waals surface area contributed by atoms with E-state index in [9.17, 15) is 14.9 Å². The van der Waals surface area contributed by atoms with E-state index in [2.05, 4.69) is 15.4 Å². The molecule has 0 saturated heterocycles. The van der Waals surface area contributed by atoms with Crippen LogP contribution in [0, 0.1) is 10.1 Å². The zero-order valence-electron chi connectivity index (χ0n) is 11.6. The van der Waals surface area contributed by atoms with Gasteiger partial charge in [-0.1, -0.05) is 6.07 Å². The highest BCUT2D eigenvalue weighted by atomic mass is 16.6. The number of aromatic nitrogens is 3. The van der Waals surface area contributed by atoms with Crippen molar-refractivity contribution >= 4 is 28.2 Å². The van der Waals surface area contributed by atoms with Crippen LogP contribution in [0.4, 0.5) is 11.4 Å². The van der Waals surface area contributed by atoms with E-state index in [4.69, 9.17) is 0 Å². The lowest BCUT2D eigenvalue weighted by Gasteiger charge is -2.06. The topological polar surface area (TPSA) is 103 Å². The first-order chi connectivity index (χ1) is 10.6. The van der Waals surface area contributed by atoms with Gasteiger partial charge in [0.15, 0.2) is 0 Å². The molecule has 1 aromatic carbocycles. The molecule has 1 N–H and O–H groups in total. The van der Waals surface area contributed by atoms with Gasteiger partial charge >= 0.3 is 5.69 Å². The van der Waals surface area contributed by atoms with Crippen molar-refractivity contribution in [3.05, 3.63) is 58.5 Å². The number of pyridine rings is 1. The molecule has 3 rings (SSSR count). The average molecular weight is 297 g/mol. The van der Waals surface area contributed by atoms with Crippen LogP contribution in [0.1, 0.15) is 10.5 Å². The zero-order chi connectivity index (χ0) is 15.7. The van der Waals surface area contributed by atoms with Crippen molar-refractivity contribution in [2.75, 3.05) is 5.32 Å². The third-order valence-corrected chi connectivity index (χ3v) is 3.12. The standard InChI is InChI=1S/C14H11N5O3/c1-18-8-12(19(21)22)13(17-18)14(20)16-11-6-2-5-10-9(11)4-3-7-15-10/h2-8H,1H3,(H,16,20). The number of nitrogens with one attached hydrogen (secondary N) is 1. The minimum Gasteiger partial charge on any atom is -0.320 e. The van der Waals surface area contributed by atoms with E-state index in [0.29, 0.717) is 5.69 Å². The van der Waals surface area contributed by atoms with E-state index in [1.165, 1.54) is 17.9 Å². The number of anilines is 1. The van der Waals surface area contributed by atoms with Crippen LogP contribution < -0.4 is 5.32 Å². The molecule has 3 aromatic rings. The Morgan fingerprint density at radius 1 is 1.32 bits per heavy atom. The van der Waals surface area contributed by atoms with Crippen LogP contribution in [-0.4, -0.2) is 25.6 Å². The summed E-state index contributed by atoms with van der Waals surface area (Å²) in [7, 11) is 1.52. The summed E-state index contributed by atoms with van der Waals surface area (Å²) >= 11 is 0. The van der Waals surface area contributed by atoms with E-state index in [1.807, 2.05) is 12.1 Å². The van der Waals surface area contributed by atoms with Gasteiger partial charge in [0.05, 0.1) is 16.1 Å². The molecule has 0 aliphatic carbocycles. The second kappa shape index (κ2) is 5.24. The summed E-state index contributed by atoms with van der Waals surface area (Å²) in [6.45, 7) is 0. The Morgan fingerprint density at radius 3 is 2.91 bits per heavy atom. The molecule has 8 nitrogen and oxygen atoms in total. The van der Waals surface area contributed by atoms with Crippen molar-refractivity contribution in [3.8, 4) is 0 Å². The molecule has 0 fully saturated rings. The number of benzene rings is 1. The van der Waals surface area contributed by atoms with E-state index in [-0.39, 0.29) is 11.4 Å². The van der Waals surface area contributed by atoms with Gasteiger partial charge in [-0.25, -0.2) is 0 Å². The van der Waals surface area contributed by atoms with Crippen LogP contribution >= 0.6 is 0 Å². The van der Waals surface area contributed by atoms with Gasteiger partial charge in [-0.2, -0.15) is 5.10 Å². The molecule has 0 unspecified atom stereocenters. The van der Waals surface area contributed by atoms with Gasteiger partial charge < -0.3 is 5.32 Å². The predicted molar refractivity (Wildman–Crippen MR) is 79.6 cm³/mol. The number of nitro groups is 1. The van der Waals surface area contributed by atoms with Gasteiger partial charge in [0, 0.05) is 18.6 Å². The van der Waals surface area contributed by atoms with E-state index in [0.717, 1.165) is 10.9 Å². The molecular weight excluding hydrogens is 286 g/mol. The number of hydrogen-bond acceptors (Lipinski definition) is 5. The molecule has 110 valence electrons. The summed E-state index contributed by atoms with van der Waals surface area (Å²) in [5, 5.41) is 18.2. The maximum Gasteiger partial charge on any atom is 0.320 e. The number of hydrogen-bond donors (Lipinski definition) is 1. The monoisotopic (exact) mass is 297 g/mol. The van der Waals surface area contributed by atoms with Crippen LogP contribution in [0.25, 0.3) is 10.9 Å². The first-order valence-corrected chi connectivity index (χ1v) is 6.39. The van der Waals surface area contributed by atoms with Gasteiger partial charge in [-0.05, 0) is 24.3 Å². The number of carbonyl (C=O) groups is 1. The minimum absolute atomic E-state index is 0.228. The lowest BCUT2D eigenvalue weighted by Crippen LogP contribution is -2.14. The molecule has 0 atom stereocenters. The number of fused-ring (bicyclic) bond motifs is 1. The highest BCUT2D eigenvalue weighted by Crippen LogP contribution is 2.23. The average Bonchev–Trinajstić information content (AvgIpc) is 2.90. The SMILES string of the molecule is Cn1cc([N+](=O)[O-])c(C(=O)Nc2cccc3ncccc23)n1. The van der Waals surface area contributed by atoms with Gasteiger partial charge in [-0.3, -0.25) is 24.6 Å². The number of amides is 1. The third kappa shape index (κ3) is 2.37. The molecule has 0 saturated carbocycles. The van der Waals surface area contributed by atoms with Crippen molar-refractivity contribution in [1.29, 1.82) is 0 Å². The molecular formula is C14H11N5O3. The Balaban J connectivity index is 1.99. The molecule has 0 spiro atoms. The minimum atomic E-state index is -0.636. The summed E-state index contributed by atoms with van der Waals surface area (Å²) < 4.78 is 1.23. The Labute approximate surface area is 124 Å². The van der Waals surface area contributed by atoms with Crippen molar-refractivity contribution in [1.82, 2.24) is 14.8 Å². The Bertz CT molecular complexity index is 882. The fourth-order valence-corrected chi connectivity index (χ4v) is 2.17. The lowest BCUT2D eigenvalue weighted by atomic mass is 10.2. The fourth-order valence-electron chi connectivity index (χ4n) is 2.17. The van der Waals surface area contributed by atoms with E-state index in [1.54, 1.807) is 24.4 Å². The Morgan fingerprint density at radius 2 is 2.14 bits per heavy atom. The lowest BCUT2D eigenvalue weighted by molar-refractivity contribution is -0.385. The Hall–Kier alpha value is -3.29. The van der Waals surface area contributed by atoms with Crippen molar-refractivity contribution in [2.45, 2.75) is 0 Å². The maximum atomic E-state index is 12.3. The summed E-state index contributed by atoms with van der Waals surface area (Å²) in [5.41, 5.74) is 0.679.